The Morgan fingerprint density at radius 3 is 2.43 bits per heavy atom. The highest BCUT2D eigenvalue weighted by Crippen LogP contribution is 2.46. The lowest BCUT2D eigenvalue weighted by atomic mass is 9.93. The Balaban J connectivity index is 2.18. The number of phenols is 1. The second-order valence-electron chi connectivity index (χ2n) is 8.48. The number of aliphatic hydroxyl groups is 1. The van der Waals surface area contributed by atoms with Crippen LogP contribution in [0.1, 0.15) is 43.0 Å². The fourth-order valence-corrected chi connectivity index (χ4v) is 4.55. The molecule has 35 heavy (non-hydrogen) atoms. The summed E-state index contributed by atoms with van der Waals surface area (Å²) in [6.07, 6.45) is 0.646. The lowest BCUT2D eigenvalue weighted by Crippen LogP contribution is -2.33. The van der Waals surface area contributed by atoms with Gasteiger partial charge in [0.25, 0.3) is 11.7 Å². The zero-order chi connectivity index (χ0) is 25.7. The molecule has 0 radical (unpaired) electrons. The van der Waals surface area contributed by atoms with E-state index in [1.54, 1.807) is 30.3 Å². The molecule has 1 saturated heterocycles. The number of aliphatic hydroxyl groups excluding tert-OH is 1. The summed E-state index contributed by atoms with van der Waals surface area (Å²) < 4.78 is 11.1. The number of para-hydroxylation sites is 1. The molecule has 1 aliphatic rings. The van der Waals surface area contributed by atoms with Gasteiger partial charge in [-0.15, -0.1) is 0 Å². The normalized spacial score (nSPS) is 17.3. The van der Waals surface area contributed by atoms with Crippen LogP contribution in [0.5, 0.6) is 17.2 Å². The monoisotopic (exact) mass is 482 g/mol. The van der Waals surface area contributed by atoms with Crippen LogP contribution in [0, 0.1) is 6.92 Å². The van der Waals surface area contributed by atoms with E-state index in [0.717, 1.165) is 25.2 Å². The van der Waals surface area contributed by atoms with Gasteiger partial charge in [-0.1, -0.05) is 37.6 Å². The van der Waals surface area contributed by atoms with E-state index in [4.69, 9.17) is 9.47 Å². The van der Waals surface area contributed by atoms with Crippen LogP contribution in [0.4, 0.5) is 0 Å². The summed E-state index contributed by atoms with van der Waals surface area (Å²) in [4.78, 5) is 30.3. The Kier molecular flexibility index (Phi) is 8.40. The molecule has 0 aromatic heterocycles. The van der Waals surface area contributed by atoms with Gasteiger partial charge in [0, 0.05) is 12.1 Å². The van der Waals surface area contributed by atoms with Crippen molar-refractivity contribution in [1.82, 2.24) is 9.80 Å². The fourth-order valence-electron chi connectivity index (χ4n) is 4.55. The van der Waals surface area contributed by atoms with Gasteiger partial charge in [-0.3, -0.25) is 9.59 Å². The molecule has 188 valence electrons. The number of carbonyl (C=O) groups is 2. The zero-order valence-corrected chi connectivity index (χ0v) is 21.0. The Morgan fingerprint density at radius 1 is 1.09 bits per heavy atom. The maximum absolute atomic E-state index is 13.3. The number of hydrogen-bond donors (Lipinski definition) is 2. The third kappa shape index (κ3) is 5.12. The minimum atomic E-state index is -0.906. The molecule has 2 N–H and O–H groups in total. The molecule has 1 atom stereocenters. The topological polar surface area (TPSA) is 99.5 Å². The van der Waals surface area contributed by atoms with E-state index in [2.05, 4.69) is 18.7 Å². The van der Waals surface area contributed by atoms with Crippen LogP contribution in [0.2, 0.25) is 0 Å². The first-order valence-corrected chi connectivity index (χ1v) is 11.8. The number of phenolic OH excluding ortho intramolecular Hbond substituents is 1. The summed E-state index contributed by atoms with van der Waals surface area (Å²) in [6, 6.07) is 9.04. The largest absolute Gasteiger partial charge is 0.507 e. The highest BCUT2D eigenvalue weighted by Gasteiger charge is 2.47. The van der Waals surface area contributed by atoms with Gasteiger partial charge < -0.3 is 29.5 Å². The Hall–Kier alpha value is -3.52. The smallest absolute Gasteiger partial charge is 0.295 e. The number of amides is 1. The van der Waals surface area contributed by atoms with E-state index < -0.39 is 23.5 Å². The maximum Gasteiger partial charge on any atom is 0.295 e. The molecule has 1 aliphatic heterocycles. The van der Waals surface area contributed by atoms with Crippen molar-refractivity contribution >= 4 is 17.4 Å². The molecule has 1 unspecified atom stereocenters. The number of nitrogens with zero attached hydrogens (tertiary/aromatic N) is 2. The average Bonchev–Trinajstić information content (AvgIpc) is 3.11. The van der Waals surface area contributed by atoms with Gasteiger partial charge in [0.15, 0.2) is 11.5 Å². The van der Waals surface area contributed by atoms with E-state index >= 15 is 0 Å². The summed E-state index contributed by atoms with van der Waals surface area (Å²) >= 11 is 0. The summed E-state index contributed by atoms with van der Waals surface area (Å²) in [7, 11) is 2.99. The van der Waals surface area contributed by atoms with E-state index in [1.165, 1.54) is 25.2 Å². The van der Waals surface area contributed by atoms with Crippen molar-refractivity contribution in [3.8, 4) is 17.2 Å². The van der Waals surface area contributed by atoms with Crippen molar-refractivity contribution in [2.45, 2.75) is 33.2 Å². The molecule has 0 bridgehead atoms. The molecule has 1 amide bonds. The number of aromatic hydroxyl groups is 1. The van der Waals surface area contributed by atoms with E-state index in [-0.39, 0.29) is 16.9 Å². The molecule has 2 aromatic rings. The molecule has 1 fully saturated rings. The number of Topliss-reactive ketones (excluding diaryl/α,β-unsaturated/α-hetero) is 1. The SMILES string of the molecule is CCN(CC)CCCN1C(=O)C(=O)/C(=C(/O)c2cc(C)ccc2O)C1c1cccc(OC)c1OC. The average molecular weight is 483 g/mol. The predicted octanol–water partition coefficient (Wildman–Crippen LogP) is 3.87. The Morgan fingerprint density at radius 2 is 1.80 bits per heavy atom. The van der Waals surface area contributed by atoms with Crippen molar-refractivity contribution in [3.05, 3.63) is 58.7 Å². The van der Waals surface area contributed by atoms with Gasteiger partial charge in [-0.05, 0) is 51.2 Å². The molecule has 0 aliphatic carbocycles. The van der Waals surface area contributed by atoms with Crippen LogP contribution in [-0.4, -0.2) is 72.1 Å². The van der Waals surface area contributed by atoms with Gasteiger partial charge in [-0.25, -0.2) is 0 Å². The van der Waals surface area contributed by atoms with Gasteiger partial charge in [0.2, 0.25) is 0 Å². The second kappa shape index (κ2) is 11.3. The standard InChI is InChI=1S/C27H34N2O6/c1-6-28(7-2)14-9-15-29-23(18-10-8-11-21(34-4)26(18)35-5)22(25(32)27(29)33)24(31)19-16-17(3)12-13-20(19)30/h8,10-13,16,23,30-31H,6-7,9,14-15H2,1-5H3/b24-22+. The number of aryl methyl sites for hydroxylation is 1. The van der Waals surface area contributed by atoms with Crippen molar-refractivity contribution in [1.29, 1.82) is 0 Å². The van der Waals surface area contributed by atoms with Gasteiger partial charge >= 0.3 is 0 Å². The number of methoxy groups -OCH3 is 2. The van der Waals surface area contributed by atoms with Gasteiger partial charge in [0.05, 0.1) is 31.4 Å². The van der Waals surface area contributed by atoms with Crippen LogP contribution in [0.25, 0.3) is 5.76 Å². The second-order valence-corrected chi connectivity index (χ2v) is 8.48. The van der Waals surface area contributed by atoms with Crippen LogP contribution in [0.15, 0.2) is 42.0 Å². The van der Waals surface area contributed by atoms with E-state index in [9.17, 15) is 19.8 Å². The number of ether oxygens (including phenoxy) is 2. The highest BCUT2D eigenvalue weighted by molar-refractivity contribution is 6.46. The number of carbonyl (C=O) groups excluding carboxylic acids is 2. The quantitative estimate of drug-likeness (QED) is 0.301. The summed E-state index contributed by atoms with van der Waals surface area (Å²) in [6.45, 7) is 8.80. The minimum absolute atomic E-state index is 0.0923. The summed E-state index contributed by atoms with van der Waals surface area (Å²) in [5, 5.41) is 21.7. The zero-order valence-electron chi connectivity index (χ0n) is 21.0. The van der Waals surface area contributed by atoms with Gasteiger partial charge in [-0.2, -0.15) is 0 Å². The fraction of sp³-hybridized carbons (Fsp3) is 0.407. The molecule has 0 saturated carbocycles. The Labute approximate surface area is 206 Å². The number of hydrogen-bond acceptors (Lipinski definition) is 7. The molecule has 0 spiro atoms. The Bertz CT molecular complexity index is 1120. The molecule has 1 heterocycles. The van der Waals surface area contributed by atoms with E-state index in [1.807, 2.05) is 6.92 Å². The third-order valence-corrected chi connectivity index (χ3v) is 6.44. The molecular formula is C27H34N2O6. The molecular weight excluding hydrogens is 448 g/mol. The highest BCUT2D eigenvalue weighted by atomic mass is 16.5. The first-order valence-electron chi connectivity index (χ1n) is 11.8. The summed E-state index contributed by atoms with van der Waals surface area (Å²) in [5.74, 6) is -1.30. The van der Waals surface area contributed by atoms with Crippen LogP contribution in [-0.2, 0) is 9.59 Å². The lowest BCUT2D eigenvalue weighted by Gasteiger charge is -2.28. The molecule has 3 rings (SSSR count). The number of rotatable bonds is 10. The maximum atomic E-state index is 13.3. The van der Waals surface area contributed by atoms with Crippen molar-refractivity contribution < 1.29 is 29.3 Å². The van der Waals surface area contributed by atoms with Crippen LogP contribution in [0.3, 0.4) is 0 Å². The van der Waals surface area contributed by atoms with Gasteiger partial charge in [0.1, 0.15) is 11.5 Å². The molecule has 8 heteroatoms. The predicted molar refractivity (Wildman–Crippen MR) is 134 cm³/mol. The van der Waals surface area contributed by atoms with Crippen molar-refractivity contribution in [2.24, 2.45) is 0 Å². The third-order valence-electron chi connectivity index (χ3n) is 6.44. The van der Waals surface area contributed by atoms with Crippen LogP contribution < -0.4 is 9.47 Å². The van der Waals surface area contributed by atoms with Crippen molar-refractivity contribution in [3.63, 3.8) is 0 Å². The lowest BCUT2D eigenvalue weighted by molar-refractivity contribution is -0.140. The number of ketones is 1. The number of benzene rings is 2. The molecule has 2 aromatic carbocycles. The first-order chi connectivity index (χ1) is 16.8. The van der Waals surface area contributed by atoms with E-state index in [0.29, 0.717) is 30.0 Å². The minimum Gasteiger partial charge on any atom is -0.507 e. The first kappa shape index (κ1) is 26.1. The van der Waals surface area contributed by atoms with Crippen LogP contribution >= 0.6 is 0 Å². The number of likely N-dealkylation sites (tertiary alicyclic amines) is 1. The van der Waals surface area contributed by atoms with Crippen molar-refractivity contribution in [2.75, 3.05) is 40.4 Å². The summed E-state index contributed by atoms with van der Waals surface area (Å²) in [5.41, 5.74) is 1.30. The molecule has 8 nitrogen and oxygen atoms in total.